The van der Waals surface area contributed by atoms with Crippen LogP contribution in [0.2, 0.25) is 0 Å². The number of aromatic nitrogens is 4. The van der Waals surface area contributed by atoms with E-state index in [1.54, 1.807) is 9.80 Å². The molecule has 0 aliphatic carbocycles. The van der Waals surface area contributed by atoms with E-state index in [0.29, 0.717) is 37.4 Å². The SMILES string of the molecule is CN(C)c1cnc(C(=O)N2CCCC(c3cc(C(F)(F)F)n[nH]3)C2)cn1. The van der Waals surface area contributed by atoms with Crippen molar-refractivity contribution in [1.29, 1.82) is 0 Å². The molecule has 140 valence electrons. The van der Waals surface area contributed by atoms with Crippen molar-refractivity contribution in [2.45, 2.75) is 24.9 Å². The number of hydrogen-bond donors (Lipinski definition) is 1. The second-order valence-electron chi connectivity index (χ2n) is 6.45. The lowest BCUT2D eigenvalue weighted by molar-refractivity contribution is -0.141. The molecule has 1 unspecified atom stereocenters. The summed E-state index contributed by atoms with van der Waals surface area (Å²) in [5.74, 6) is 0.142. The number of aromatic amines is 1. The molecule has 7 nitrogen and oxygen atoms in total. The van der Waals surface area contributed by atoms with Crippen molar-refractivity contribution in [2.75, 3.05) is 32.1 Å². The monoisotopic (exact) mass is 368 g/mol. The minimum atomic E-state index is -4.48. The van der Waals surface area contributed by atoms with Crippen molar-refractivity contribution in [1.82, 2.24) is 25.1 Å². The molecule has 3 heterocycles. The average molecular weight is 368 g/mol. The van der Waals surface area contributed by atoms with Crippen molar-refractivity contribution >= 4 is 11.7 Å². The number of likely N-dealkylation sites (tertiary alicyclic amines) is 1. The van der Waals surface area contributed by atoms with E-state index < -0.39 is 11.9 Å². The number of halogens is 3. The smallest absolute Gasteiger partial charge is 0.361 e. The maximum absolute atomic E-state index is 12.7. The van der Waals surface area contributed by atoms with E-state index in [2.05, 4.69) is 20.2 Å². The molecule has 0 bridgehead atoms. The van der Waals surface area contributed by atoms with Crippen molar-refractivity contribution in [3.05, 3.63) is 35.5 Å². The lowest BCUT2D eigenvalue weighted by atomic mass is 9.94. The van der Waals surface area contributed by atoms with Crippen LogP contribution in [0.5, 0.6) is 0 Å². The van der Waals surface area contributed by atoms with E-state index in [0.717, 1.165) is 6.07 Å². The third-order valence-electron chi connectivity index (χ3n) is 4.35. The average Bonchev–Trinajstić information content (AvgIpc) is 3.12. The molecule has 1 amide bonds. The summed E-state index contributed by atoms with van der Waals surface area (Å²) in [6.45, 7) is 0.849. The second kappa shape index (κ2) is 6.93. The lowest BCUT2D eigenvalue weighted by Gasteiger charge is -2.32. The van der Waals surface area contributed by atoms with E-state index in [1.165, 1.54) is 12.4 Å². The van der Waals surface area contributed by atoms with Gasteiger partial charge in [-0.25, -0.2) is 9.97 Å². The maximum atomic E-state index is 12.7. The Morgan fingerprint density at radius 2 is 2.08 bits per heavy atom. The van der Waals surface area contributed by atoms with Gasteiger partial charge in [-0.05, 0) is 18.9 Å². The van der Waals surface area contributed by atoms with Gasteiger partial charge < -0.3 is 9.80 Å². The molecule has 3 rings (SSSR count). The molecule has 1 fully saturated rings. The molecule has 10 heteroatoms. The van der Waals surface area contributed by atoms with Gasteiger partial charge in [0.15, 0.2) is 5.69 Å². The molecule has 1 aliphatic rings. The molecule has 1 N–H and O–H groups in total. The summed E-state index contributed by atoms with van der Waals surface area (Å²) in [6.07, 6.45) is -0.171. The molecular formula is C16H19F3N6O. The van der Waals surface area contributed by atoms with Gasteiger partial charge in [0.25, 0.3) is 5.91 Å². The summed E-state index contributed by atoms with van der Waals surface area (Å²) >= 11 is 0. The van der Waals surface area contributed by atoms with Crippen LogP contribution in [0.15, 0.2) is 18.5 Å². The first-order valence-electron chi connectivity index (χ1n) is 8.17. The summed E-state index contributed by atoms with van der Waals surface area (Å²) in [5.41, 5.74) is -0.332. The summed E-state index contributed by atoms with van der Waals surface area (Å²) in [4.78, 5) is 24.3. The number of H-pyrrole nitrogens is 1. The third kappa shape index (κ3) is 3.78. The molecule has 0 radical (unpaired) electrons. The summed E-state index contributed by atoms with van der Waals surface area (Å²) in [7, 11) is 3.64. The van der Waals surface area contributed by atoms with E-state index in [-0.39, 0.29) is 17.5 Å². The number of nitrogens with one attached hydrogen (secondary N) is 1. The number of carbonyl (C=O) groups excluding carboxylic acids is 1. The summed E-state index contributed by atoms with van der Waals surface area (Å²) in [5, 5.41) is 5.80. The Balaban J connectivity index is 1.71. The predicted molar refractivity (Wildman–Crippen MR) is 87.8 cm³/mol. The van der Waals surface area contributed by atoms with Crippen molar-refractivity contribution in [2.24, 2.45) is 0 Å². The number of piperidine rings is 1. The van der Waals surface area contributed by atoms with Crippen molar-refractivity contribution < 1.29 is 18.0 Å². The summed E-state index contributed by atoms with van der Waals surface area (Å²) in [6, 6.07) is 1.02. The maximum Gasteiger partial charge on any atom is 0.435 e. The summed E-state index contributed by atoms with van der Waals surface area (Å²) < 4.78 is 38.2. The predicted octanol–water partition coefficient (Wildman–Crippen LogP) is 2.30. The zero-order chi connectivity index (χ0) is 18.9. The molecule has 2 aromatic rings. The van der Waals surface area contributed by atoms with Gasteiger partial charge in [0, 0.05) is 38.8 Å². The van der Waals surface area contributed by atoms with Crippen LogP contribution in [-0.2, 0) is 6.18 Å². The van der Waals surface area contributed by atoms with E-state index in [9.17, 15) is 18.0 Å². The van der Waals surface area contributed by atoms with Crippen LogP contribution in [0, 0.1) is 0 Å². The van der Waals surface area contributed by atoms with E-state index >= 15 is 0 Å². The Labute approximate surface area is 148 Å². The highest BCUT2D eigenvalue weighted by molar-refractivity contribution is 5.92. The fourth-order valence-corrected chi connectivity index (χ4v) is 2.93. The molecule has 1 saturated heterocycles. The molecule has 0 spiro atoms. The molecule has 1 aliphatic heterocycles. The van der Waals surface area contributed by atoms with Gasteiger partial charge in [0.2, 0.25) is 0 Å². The normalized spacial score (nSPS) is 18.0. The van der Waals surface area contributed by atoms with Crippen LogP contribution in [0.3, 0.4) is 0 Å². The van der Waals surface area contributed by atoms with Gasteiger partial charge in [-0.1, -0.05) is 0 Å². The minimum absolute atomic E-state index is 0.217. The van der Waals surface area contributed by atoms with Gasteiger partial charge in [-0.3, -0.25) is 9.89 Å². The Kier molecular flexibility index (Phi) is 4.84. The lowest BCUT2D eigenvalue weighted by Crippen LogP contribution is -2.39. The highest BCUT2D eigenvalue weighted by Crippen LogP contribution is 2.32. The fraction of sp³-hybridized carbons (Fsp3) is 0.500. The first-order valence-corrected chi connectivity index (χ1v) is 8.17. The molecule has 26 heavy (non-hydrogen) atoms. The number of nitrogens with zero attached hydrogens (tertiary/aromatic N) is 5. The van der Waals surface area contributed by atoms with Crippen LogP contribution >= 0.6 is 0 Å². The highest BCUT2D eigenvalue weighted by atomic mass is 19.4. The molecule has 1 atom stereocenters. The highest BCUT2D eigenvalue weighted by Gasteiger charge is 2.35. The van der Waals surface area contributed by atoms with Gasteiger partial charge >= 0.3 is 6.18 Å². The van der Waals surface area contributed by atoms with Gasteiger partial charge in [0.05, 0.1) is 12.4 Å². The second-order valence-corrected chi connectivity index (χ2v) is 6.45. The molecule has 0 aromatic carbocycles. The Morgan fingerprint density at radius 1 is 1.31 bits per heavy atom. The van der Waals surface area contributed by atoms with Crippen LogP contribution in [0.4, 0.5) is 19.0 Å². The number of anilines is 1. The quantitative estimate of drug-likeness (QED) is 0.900. The van der Waals surface area contributed by atoms with Gasteiger partial charge in [-0.2, -0.15) is 18.3 Å². The minimum Gasteiger partial charge on any atom is -0.361 e. The topological polar surface area (TPSA) is 78.0 Å². The van der Waals surface area contributed by atoms with Crippen molar-refractivity contribution in [3.63, 3.8) is 0 Å². The number of hydrogen-bond acceptors (Lipinski definition) is 5. The Hall–Kier alpha value is -2.65. The first kappa shape index (κ1) is 18.2. The Morgan fingerprint density at radius 3 is 2.65 bits per heavy atom. The number of amides is 1. The van der Waals surface area contributed by atoms with Crippen LogP contribution in [-0.4, -0.2) is 58.2 Å². The van der Waals surface area contributed by atoms with Crippen LogP contribution < -0.4 is 4.90 Å². The number of carbonyl (C=O) groups is 1. The van der Waals surface area contributed by atoms with Gasteiger partial charge in [-0.15, -0.1) is 0 Å². The van der Waals surface area contributed by atoms with E-state index in [1.807, 2.05) is 14.1 Å². The van der Waals surface area contributed by atoms with Crippen LogP contribution in [0.1, 0.15) is 40.6 Å². The van der Waals surface area contributed by atoms with Gasteiger partial charge in [0.1, 0.15) is 11.5 Å². The Bertz CT molecular complexity index is 771. The standard InChI is InChI=1S/C16H19F3N6O/c1-24(2)14-8-20-12(7-21-14)15(26)25-5-3-4-10(9-25)11-6-13(23-22-11)16(17,18)19/h6-8,10H,3-5,9H2,1-2H3,(H,22,23). The zero-order valence-electron chi connectivity index (χ0n) is 14.4. The molecule has 2 aromatic heterocycles. The number of rotatable bonds is 3. The first-order chi connectivity index (χ1) is 12.3. The van der Waals surface area contributed by atoms with E-state index in [4.69, 9.17) is 0 Å². The molecular weight excluding hydrogens is 349 g/mol. The zero-order valence-corrected chi connectivity index (χ0v) is 14.4. The largest absolute Gasteiger partial charge is 0.435 e. The fourth-order valence-electron chi connectivity index (χ4n) is 2.93. The van der Waals surface area contributed by atoms with Crippen molar-refractivity contribution in [3.8, 4) is 0 Å². The molecule has 0 saturated carbocycles. The third-order valence-corrected chi connectivity index (χ3v) is 4.35. The van der Waals surface area contributed by atoms with Crippen LogP contribution in [0.25, 0.3) is 0 Å². The number of alkyl halides is 3.